The van der Waals surface area contributed by atoms with Crippen molar-refractivity contribution < 1.29 is 19.1 Å². The van der Waals surface area contributed by atoms with Crippen LogP contribution in [0.15, 0.2) is 18.2 Å². The van der Waals surface area contributed by atoms with Crippen molar-refractivity contribution in [2.24, 2.45) is 5.92 Å². The molecule has 0 spiro atoms. The third-order valence-corrected chi connectivity index (χ3v) is 2.77. The molecule has 0 bridgehead atoms. The van der Waals surface area contributed by atoms with Crippen LogP contribution in [0.2, 0.25) is 0 Å². The maximum Gasteiger partial charge on any atom is 0.254 e. The van der Waals surface area contributed by atoms with E-state index in [1.165, 1.54) is 19.1 Å². The molecular formula is C14H19FN2O3. The van der Waals surface area contributed by atoms with Gasteiger partial charge in [-0.25, -0.2) is 4.39 Å². The minimum Gasteiger partial charge on any atom is -0.391 e. The molecule has 5 nitrogen and oxygen atoms in total. The molecule has 0 heterocycles. The highest BCUT2D eigenvalue weighted by Crippen LogP contribution is 2.15. The average molecular weight is 282 g/mol. The van der Waals surface area contributed by atoms with Gasteiger partial charge in [0.1, 0.15) is 5.82 Å². The van der Waals surface area contributed by atoms with Crippen LogP contribution >= 0.6 is 0 Å². The smallest absolute Gasteiger partial charge is 0.254 e. The lowest BCUT2D eigenvalue weighted by Gasteiger charge is -2.15. The fraction of sp³-hybridized carbons (Fsp3) is 0.429. The van der Waals surface area contributed by atoms with Crippen molar-refractivity contribution in [2.45, 2.75) is 26.9 Å². The van der Waals surface area contributed by atoms with Gasteiger partial charge in [-0.3, -0.25) is 9.59 Å². The predicted molar refractivity (Wildman–Crippen MR) is 73.9 cm³/mol. The van der Waals surface area contributed by atoms with Gasteiger partial charge in [-0.1, -0.05) is 13.8 Å². The van der Waals surface area contributed by atoms with Crippen molar-refractivity contribution in [1.82, 2.24) is 5.32 Å². The van der Waals surface area contributed by atoms with Crippen LogP contribution in [0.4, 0.5) is 10.1 Å². The molecule has 1 aromatic carbocycles. The summed E-state index contributed by atoms with van der Waals surface area (Å²) in [6, 6.07) is 3.74. The van der Waals surface area contributed by atoms with E-state index in [9.17, 15) is 19.1 Å². The number of nitrogens with one attached hydrogen (secondary N) is 2. The Morgan fingerprint density at radius 3 is 2.55 bits per heavy atom. The van der Waals surface area contributed by atoms with Crippen molar-refractivity contribution in [3.05, 3.63) is 29.6 Å². The molecule has 1 aromatic rings. The van der Waals surface area contributed by atoms with Gasteiger partial charge in [0.15, 0.2) is 0 Å². The highest BCUT2D eigenvalue weighted by molar-refractivity contribution is 5.97. The molecule has 1 atom stereocenters. The summed E-state index contributed by atoms with van der Waals surface area (Å²) in [6.07, 6.45) is -0.694. The first-order chi connectivity index (χ1) is 9.31. The minimum atomic E-state index is -0.694. The van der Waals surface area contributed by atoms with E-state index < -0.39 is 17.8 Å². The van der Waals surface area contributed by atoms with Crippen molar-refractivity contribution in [3.8, 4) is 0 Å². The van der Waals surface area contributed by atoms with E-state index >= 15 is 0 Å². The van der Waals surface area contributed by atoms with E-state index in [1.54, 1.807) is 0 Å². The molecule has 0 aliphatic heterocycles. The van der Waals surface area contributed by atoms with Gasteiger partial charge < -0.3 is 15.7 Å². The fourth-order valence-electron chi connectivity index (χ4n) is 1.51. The van der Waals surface area contributed by atoms with Crippen molar-refractivity contribution in [2.75, 3.05) is 11.9 Å². The Bertz CT molecular complexity index is 503. The number of aliphatic hydroxyl groups excluding tert-OH is 1. The molecule has 0 aromatic heterocycles. The summed E-state index contributed by atoms with van der Waals surface area (Å²) in [4.78, 5) is 22.8. The highest BCUT2D eigenvalue weighted by Gasteiger charge is 2.15. The molecule has 110 valence electrons. The first kappa shape index (κ1) is 16.1. The van der Waals surface area contributed by atoms with Gasteiger partial charge in [0.25, 0.3) is 5.91 Å². The molecule has 0 saturated heterocycles. The van der Waals surface area contributed by atoms with E-state index in [2.05, 4.69) is 10.6 Å². The first-order valence-corrected chi connectivity index (χ1v) is 6.34. The Balaban J connectivity index is 2.78. The van der Waals surface area contributed by atoms with Crippen LogP contribution in [0.3, 0.4) is 0 Å². The predicted octanol–water partition coefficient (Wildman–Crippen LogP) is 1.53. The summed E-state index contributed by atoms with van der Waals surface area (Å²) in [5, 5.41) is 14.5. The number of anilines is 1. The fourth-order valence-corrected chi connectivity index (χ4v) is 1.51. The molecular weight excluding hydrogens is 263 g/mol. The Morgan fingerprint density at radius 1 is 1.35 bits per heavy atom. The van der Waals surface area contributed by atoms with E-state index in [4.69, 9.17) is 0 Å². The summed E-state index contributed by atoms with van der Waals surface area (Å²) >= 11 is 0. The monoisotopic (exact) mass is 282 g/mol. The summed E-state index contributed by atoms with van der Waals surface area (Å²) in [5.41, 5.74) is 0.167. The van der Waals surface area contributed by atoms with Gasteiger partial charge in [-0.05, 0) is 24.1 Å². The number of carbonyl (C=O) groups excluding carboxylic acids is 2. The highest BCUT2D eigenvalue weighted by atomic mass is 19.1. The number of amides is 2. The van der Waals surface area contributed by atoms with Gasteiger partial charge in [0, 0.05) is 19.2 Å². The van der Waals surface area contributed by atoms with Gasteiger partial charge in [-0.15, -0.1) is 0 Å². The lowest BCUT2D eigenvalue weighted by molar-refractivity contribution is -0.114. The summed E-state index contributed by atoms with van der Waals surface area (Å²) in [6.45, 7) is 4.99. The maximum absolute atomic E-state index is 13.6. The zero-order chi connectivity index (χ0) is 15.3. The number of aliphatic hydroxyl groups is 1. The summed E-state index contributed by atoms with van der Waals surface area (Å²) in [7, 11) is 0. The molecule has 0 aliphatic rings. The zero-order valence-corrected chi connectivity index (χ0v) is 11.7. The Kier molecular flexibility index (Phi) is 5.64. The first-order valence-electron chi connectivity index (χ1n) is 6.34. The summed E-state index contributed by atoms with van der Waals surface area (Å²) < 4.78 is 13.6. The van der Waals surface area contributed by atoms with Crippen LogP contribution in [-0.4, -0.2) is 29.6 Å². The molecule has 0 fully saturated rings. The van der Waals surface area contributed by atoms with Crippen LogP contribution in [0.1, 0.15) is 31.1 Å². The van der Waals surface area contributed by atoms with Gasteiger partial charge in [-0.2, -0.15) is 0 Å². The lowest BCUT2D eigenvalue weighted by Crippen LogP contribution is -2.35. The molecule has 0 aliphatic carbocycles. The molecule has 20 heavy (non-hydrogen) atoms. The molecule has 1 rings (SSSR count). The molecule has 1 unspecified atom stereocenters. The Labute approximate surface area is 117 Å². The van der Waals surface area contributed by atoms with E-state index in [1.807, 2.05) is 13.8 Å². The Morgan fingerprint density at radius 2 is 2.00 bits per heavy atom. The number of carbonyl (C=O) groups is 2. The lowest BCUT2D eigenvalue weighted by atomic mass is 10.1. The second-order valence-electron chi connectivity index (χ2n) is 4.90. The SMILES string of the molecule is CC(=O)Nc1ccc(F)c(C(=O)NCC(O)C(C)C)c1. The minimum absolute atomic E-state index is 0.00846. The number of halogens is 1. The van der Waals surface area contributed by atoms with Crippen molar-refractivity contribution in [1.29, 1.82) is 0 Å². The number of hydrogen-bond donors (Lipinski definition) is 3. The maximum atomic E-state index is 13.6. The topological polar surface area (TPSA) is 78.4 Å². The van der Waals surface area contributed by atoms with Crippen LogP contribution < -0.4 is 10.6 Å². The number of rotatable bonds is 5. The van der Waals surface area contributed by atoms with Crippen LogP contribution in [0.25, 0.3) is 0 Å². The summed E-state index contributed by atoms with van der Waals surface area (Å²) in [5.74, 6) is -1.63. The third kappa shape index (κ3) is 4.62. The van der Waals surface area contributed by atoms with E-state index in [0.717, 1.165) is 6.07 Å². The van der Waals surface area contributed by atoms with E-state index in [-0.39, 0.29) is 23.9 Å². The standard InChI is InChI=1S/C14H19FN2O3/c1-8(2)13(19)7-16-14(20)11-6-10(17-9(3)18)4-5-12(11)15/h4-6,8,13,19H,7H2,1-3H3,(H,16,20)(H,17,18). The molecule has 3 N–H and O–H groups in total. The second kappa shape index (κ2) is 7.00. The van der Waals surface area contributed by atoms with Crippen LogP contribution in [-0.2, 0) is 4.79 Å². The molecule has 6 heteroatoms. The number of hydrogen-bond acceptors (Lipinski definition) is 3. The zero-order valence-electron chi connectivity index (χ0n) is 11.7. The quantitative estimate of drug-likeness (QED) is 0.766. The van der Waals surface area contributed by atoms with Crippen molar-refractivity contribution >= 4 is 17.5 Å². The Hall–Kier alpha value is -1.95. The van der Waals surface area contributed by atoms with Crippen LogP contribution in [0, 0.1) is 11.7 Å². The molecule has 2 amide bonds. The van der Waals surface area contributed by atoms with Gasteiger partial charge in [0.2, 0.25) is 5.91 Å². The molecule has 0 radical (unpaired) electrons. The largest absolute Gasteiger partial charge is 0.391 e. The van der Waals surface area contributed by atoms with Gasteiger partial charge >= 0.3 is 0 Å². The number of benzene rings is 1. The van der Waals surface area contributed by atoms with Crippen molar-refractivity contribution in [3.63, 3.8) is 0 Å². The molecule has 0 saturated carbocycles. The van der Waals surface area contributed by atoms with E-state index in [0.29, 0.717) is 5.69 Å². The second-order valence-corrected chi connectivity index (χ2v) is 4.90. The third-order valence-electron chi connectivity index (χ3n) is 2.77. The average Bonchev–Trinajstić information content (AvgIpc) is 2.37. The van der Waals surface area contributed by atoms with Gasteiger partial charge in [0.05, 0.1) is 11.7 Å². The van der Waals surface area contributed by atoms with Crippen LogP contribution in [0.5, 0.6) is 0 Å². The normalized spacial score (nSPS) is 12.1.